The molecule has 0 fully saturated rings. The van der Waals surface area contributed by atoms with Crippen LogP contribution in [0.5, 0.6) is 0 Å². The van der Waals surface area contributed by atoms with Crippen LogP contribution in [-0.4, -0.2) is 20.6 Å². The molecular weight excluding hydrogens is 276 g/mol. The molecule has 2 aromatic rings. The molecule has 20 heavy (non-hydrogen) atoms. The van der Waals surface area contributed by atoms with Crippen molar-refractivity contribution >= 4 is 17.6 Å². The molecule has 4 nitrogen and oxygen atoms in total. The Labute approximate surface area is 122 Å². The molecule has 3 rings (SSSR count). The van der Waals surface area contributed by atoms with Crippen molar-refractivity contribution in [1.82, 2.24) is 9.55 Å². The lowest BCUT2D eigenvalue weighted by Gasteiger charge is -2.22. The van der Waals surface area contributed by atoms with Gasteiger partial charge in [0.25, 0.3) is 0 Å². The first-order valence-corrected chi connectivity index (χ1v) is 7.02. The summed E-state index contributed by atoms with van der Waals surface area (Å²) in [5.41, 5.74) is 2.26. The number of aryl methyl sites for hydroxylation is 1. The van der Waals surface area contributed by atoms with Gasteiger partial charge in [-0.05, 0) is 30.5 Å². The minimum absolute atomic E-state index is 0.305. The van der Waals surface area contributed by atoms with Crippen molar-refractivity contribution < 1.29 is 9.90 Å². The van der Waals surface area contributed by atoms with Gasteiger partial charge >= 0.3 is 5.97 Å². The van der Waals surface area contributed by atoms with E-state index in [9.17, 15) is 4.79 Å². The highest BCUT2D eigenvalue weighted by Crippen LogP contribution is 2.23. The second-order valence-electron chi connectivity index (χ2n) is 5.15. The van der Waals surface area contributed by atoms with Crippen LogP contribution in [0.1, 0.15) is 23.5 Å². The largest absolute Gasteiger partial charge is 0.481 e. The fraction of sp³-hybridized carbons (Fsp3) is 0.333. The maximum Gasteiger partial charge on any atom is 0.308 e. The van der Waals surface area contributed by atoms with Gasteiger partial charge in [-0.2, -0.15) is 0 Å². The number of carboxylic acids is 1. The smallest absolute Gasteiger partial charge is 0.308 e. The van der Waals surface area contributed by atoms with Crippen LogP contribution in [0.15, 0.2) is 30.5 Å². The van der Waals surface area contributed by atoms with Crippen molar-refractivity contribution in [2.45, 2.75) is 25.8 Å². The Morgan fingerprint density at radius 1 is 1.40 bits per heavy atom. The number of hydrogen-bond acceptors (Lipinski definition) is 2. The summed E-state index contributed by atoms with van der Waals surface area (Å²) in [7, 11) is 0. The summed E-state index contributed by atoms with van der Waals surface area (Å²) in [5, 5.41) is 9.88. The molecular formula is C15H15ClN2O2. The maximum atomic E-state index is 11.1. The Hall–Kier alpha value is -1.81. The van der Waals surface area contributed by atoms with Gasteiger partial charge in [-0.1, -0.05) is 23.7 Å². The third kappa shape index (κ3) is 2.56. The van der Waals surface area contributed by atoms with E-state index in [-0.39, 0.29) is 5.92 Å². The van der Waals surface area contributed by atoms with Crippen molar-refractivity contribution in [3.8, 4) is 0 Å². The molecule has 1 N–H and O–H groups in total. The number of aromatic nitrogens is 2. The zero-order valence-electron chi connectivity index (χ0n) is 10.9. The maximum absolute atomic E-state index is 11.1. The Balaban J connectivity index is 1.83. The van der Waals surface area contributed by atoms with Crippen LogP contribution in [0, 0.1) is 5.92 Å². The summed E-state index contributed by atoms with van der Waals surface area (Å²) in [5.74, 6) is -0.101. The SMILES string of the molecule is O=C(O)C1CCc2cnc(Cc3ccc(Cl)cc3)n2C1. The van der Waals surface area contributed by atoms with E-state index in [4.69, 9.17) is 16.7 Å². The number of rotatable bonds is 3. The first kappa shape index (κ1) is 13.2. The van der Waals surface area contributed by atoms with E-state index in [0.29, 0.717) is 24.4 Å². The minimum atomic E-state index is -0.721. The van der Waals surface area contributed by atoms with Crippen molar-refractivity contribution in [1.29, 1.82) is 0 Å². The topological polar surface area (TPSA) is 55.1 Å². The van der Waals surface area contributed by atoms with Crippen LogP contribution in [0.4, 0.5) is 0 Å². The average Bonchev–Trinajstić information content (AvgIpc) is 2.84. The normalized spacial score (nSPS) is 17.8. The first-order chi connectivity index (χ1) is 9.63. The molecule has 1 atom stereocenters. The predicted molar refractivity (Wildman–Crippen MR) is 75.9 cm³/mol. The fourth-order valence-electron chi connectivity index (χ4n) is 2.64. The molecule has 1 aromatic heterocycles. The molecule has 1 aliphatic rings. The van der Waals surface area contributed by atoms with Crippen LogP contribution in [0.3, 0.4) is 0 Å². The second-order valence-corrected chi connectivity index (χ2v) is 5.59. The van der Waals surface area contributed by atoms with E-state index in [1.807, 2.05) is 30.5 Å². The van der Waals surface area contributed by atoms with E-state index in [0.717, 1.165) is 23.5 Å². The number of nitrogens with zero attached hydrogens (tertiary/aromatic N) is 2. The molecule has 5 heteroatoms. The van der Waals surface area contributed by atoms with Crippen LogP contribution in [-0.2, 0) is 24.2 Å². The number of carboxylic acid groups (broad SMARTS) is 1. The molecule has 0 radical (unpaired) electrons. The number of fused-ring (bicyclic) bond motifs is 1. The second kappa shape index (κ2) is 5.29. The van der Waals surface area contributed by atoms with Gasteiger partial charge < -0.3 is 9.67 Å². The summed E-state index contributed by atoms with van der Waals surface area (Å²) in [6, 6.07) is 7.66. The minimum Gasteiger partial charge on any atom is -0.481 e. The van der Waals surface area contributed by atoms with E-state index in [2.05, 4.69) is 9.55 Å². The van der Waals surface area contributed by atoms with Gasteiger partial charge in [0, 0.05) is 29.9 Å². The van der Waals surface area contributed by atoms with E-state index in [1.165, 1.54) is 0 Å². The van der Waals surface area contributed by atoms with Gasteiger partial charge in [0.15, 0.2) is 0 Å². The summed E-state index contributed by atoms with van der Waals surface area (Å²) >= 11 is 5.88. The predicted octanol–water partition coefficient (Wildman–Crippen LogP) is 2.77. The lowest BCUT2D eigenvalue weighted by atomic mass is 9.98. The fourth-order valence-corrected chi connectivity index (χ4v) is 2.76. The van der Waals surface area contributed by atoms with E-state index >= 15 is 0 Å². The molecule has 0 aliphatic carbocycles. The highest BCUT2D eigenvalue weighted by atomic mass is 35.5. The Morgan fingerprint density at radius 3 is 2.85 bits per heavy atom. The lowest BCUT2D eigenvalue weighted by molar-refractivity contribution is -0.142. The standard InChI is InChI=1S/C15H15ClN2O2/c16-12-4-1-10(2-5-12)7-14-17-8-13-6-3-11(15(19)20)9-18(13)14/h1-2,4-5,8,11H,3,6-7,9H2,(H,19,20). The Morgan fingerprint density at radius 2 is 2.15 bits per heavy atom. The molecule has 104 valence electrons. The van der Waals surface area contributed by atoms with Gasteiger partial charge in [-0.25, -0.2) is 4.98 Å². The molecule has 0 bridgehead atoms. The van der Waals surface area contributed by atoms with Gasteiger partial charge in [-0.3, -0.25) is 4.79 Å². The van der Waals surface area contributed by atoms with Crippen LogP contribution >= 0.6 is 11.6 Å². The van der Waals surface area contributed by atoms with Crippen LogP contribution < -0.4 is 0 Å². The van der Waals surface area contributed by atoms with E-state index < -0.39 is 5.97 Å². The van der Waals surface area contributed by atoms with Crippen LogP contribution in [0.2, 0.25) is 5.02 Å². The quantitative estimate of drug-likeness (QED) is 0.946. The highest BCUT2D eigenvalue weighted by molar-refractivity contribution is 6.30. The number of carbonyl (C=O) groups is 1. The number of aliphatic carboxylic acids is 1. The number of hydrogen-bond donors (Lipinski definition) is 1. The first-order valence-electron chi connectivity index (χ1n) is 6.64. The molecule has 2 heterocycles. The summed E-state index contributed by atoms with van der Waals surface area (Å²) in [4.78, 5) is 15.6. The third-order valence-corrected chi connectivity index (χ3v) is 4.05. The van der Waals surface area contributed by atoms with Gasteiger partial charge in [0.2, 0.25) is 0 Å². The average molecular weight is 291 g/mol. The Kier molecular flexibility index (Phi) is 3.49. The van der Waals surface area contributed by atoms with Crippen molar-refractivity contribution in [2.24, 2.45) is 5.92 Å². The summed E-state index contributed by atoms with van der Waals surface area (Å²) < 4.78 is 2.05. The zero-order chi connectivity index (χ0) is 14.1. The third-order valence-electron chi connectivity index (χ3n) is 3.80. The molecule has 1 aromatic carbocycles. The molecule has 0 saturated carbocycles. The molecule has 0 amide bonds. The van der Waals surface area contributed by atoms with Crippen molar-refractivity contribution in [3.63, 3.8) is 0 Å². The van der Waals surface area contributed by atoms with Gasteiger partial charge in [0.05, 0.1) is 5.92 Å². The van der Waals surface area contributed by atoms with Crippen molar-refractivity contribution in [2.75, 3.05) is 0 Å². The molecule has 0 saturated heterocycles. The summed E-state index contributed by atoms with van der Waals surface area (Å²) in [6.07, 6.45) is 4.04. The van der Waals surface area contributed by atoms with Gasteiger partial charge in [-0.15, -0.1) is 0 Å². The lowest BCUT2D eigenvalue weighted by Crippen LogP contribution is -2.27. The molecule has 0 spiro atoms. The van der Waals surface area contributed by atoms with Gasteiger partial charge in [0.1, 0.15) is 5.82 Å². The highest BCUT2D eigenvalue weighted by Gasteiger charge is 2.26. The van der Waals surface area contributed by atoms with E-state index in [1.54, 1.807) is 0 Å². The number of imidazole rings is 1. The van der Waals surface area contributed by atoms with Crippen molar-refractivity contribution in [3.05, 3.63) is 52.6 Å². The Bertz CT molecular complexity index is 634. The van der Waals surface area contributed by atoms with Crippen LogP contribution in [0.25, 0.3) is 0 Å². The number of halogens is 1. The zero-order valence-corrected chi connectivity index (χ0v) is 11.7. The number of benzene rings is 1. The molecule has 1 aliphatic heterocycles. The summed E-state index contributed by atoms with van der Waals surface area (Å²) in [6.45, 7) is 0.521. The molecule has 1 unspecified atom stereocenters. The monoisotopic (exact) mass is 290 g/mol.